The number of halogens is 1. The molecule has 4 aromatic rings. The van der Waals surface area contributed by atoms with Crippen LogP contribution in [-0.2, 0) is 11.2 Å². The van der Waals surface area contributed by atoms with E-state index in [0.717, 1.165) is 29.0 Å². The zero-order chi connectivity index (χ0) is 23.7. The van der Waals surface area contributed by atoms with Gasteiger partial charge >= 0.3 is 0 Å². The topological polar surface area (TPSA) is 88.3 Å². The molecule has 1 aliphatic heterocycles. The number of hydrogen-bond donors (Lipinski definition) is 1. The smallest absolute Gasteiger partial charge is 0.228 e. The van der Waals surface area contributed by atoms with E-state index in [4.69, 9.17) is 0 Å². The Morgan fingerprint density at radius 2 is 2.00 bits per heavy atom. The normalized spacial score (nSPS) is 14.7. The summed E-state index contributed by atoms with van der Waals surface area (Å²) in [6.07, 6.45) is 7.39. The number of nitrogens with zero attached hydrogens (tertiary/aromatic N) is 6. The van der Waals surface area contributed by atoms with Gasteiger partial charge < -0.3 is 10.2 Å². The van der Waals surface area contributed by atoms with E-state index in [1.54, 1.807) is 21.7 Å². The molecule has 0 bridgehead atoms. The number of rotatable bonds is 5. The highest BCUT2D eigenvalue weighted by molar-refractivity contribution is 5.93. The van der Waals surface area contributed by atoms with Crippen LogP contribution in [0.4, 0.5) is 10.1 Å². The van der Waals surface area contributed by atoms with Crippen LogP contribution >= 0.6 is 0 Å². The summed E-state index contributed by atoms with van der Waals surface area (Å²) >= 11 is 0. The summed E-state index contributed by atoms with van der Waals surface area (Å²) in [7, 11) is 0. The van der Waals surface area contributed by atoms with Crippen LogP contribution in [0.15, 0.2) is 49.1 Å². The fourth-order valence-electron chi connectivity index (χ4n) is 4.17. The molecular weight excluding hydrogens is 433 g/mol. The molecule has 0 aromatic carbocycles. The molecule has 0 saturated carbocycles. The lowest BCUT2D eigenvalue weighted by atomic mass is 10.0. The Bertz CT molecular complexity index is 1330. The largest absolute Gasteiger partial charge is 0.314 e. The number of hydrogen-bond acceptors (Lipinski definition) is 6. The van der Waals surface area contributed by atoms with Gasteiger partial charge in [-0.05, 0) is 30.2 Å². The van der Waals surface area contributed by atoms with Gasteiger partial charge in [0, 0.05) is 49.1 Å². The molecule has 4 aromatic heterocycles. The van der Waals surface area contributed by atoms with Crippen molar-refractivity contribution in [1.29, 1.82) is 0 Å². The molecule has 0 aliphatic carbocycles. The molecule has 1 N–H and O–H groups in total. The second-order valence-electron chi connectivity index (χ2n) is 8.71. The summed E-state index contributed by atoms with van der Waals surface area (Å²) in [4.78, 5) is 27.3. The van der Waals surface area contributed by atoms with Gasteiger partial charge in [-0.2, -0.15) is 5.10 Å². The molecule has 1 fully saturated rings. The molecule has 0 radical (unpaired) electrons. The molecule has 1 amide bonds. The highest BCUT2D eigenvalue weighted by atomic mass is 19.1. The SMILES string of the molecule is CC(C)c1cnn2ccc(-c3nc(Cc4ccc(N5CCNCCC5=O)cn4)ncc3F)cc12. The van der Waals surface area contributed by atoms with Crippen molar-refractivity contribution in [2.75, 3.05) is 24.5 Å². The first kappa shape index (κ1) is 22.1. The number of amides is 1. The summed E-state index contributed by atoms with van der Waals surface area (Å²) in [5.74, 6) is 0.384. The number of carbonyl (C=O) groups excluding carboxylic acids is 1. The van der Waals surface area contributed by atoms with Gasteiger partial charge in [0.1, 0.15) is 11.5 Å². The van der Waals surface area contributed by atoms with E-state index in [1.165, 1.54) is 6.20 Å². The first-order valence-corrected chi connectivity index (χ1v) is 11.4. The molecule has 5 rings (SSSR count). The second kappa shape index (κ2) is 9.26. The van der Waals surface area contributed by atoms with Gasteiger partial charge in [-0.25, -0.2) is 18.9 Å². The van der Waals surface area contributed by atoms with Gasteiger partial charge in [-0.1, -0.05) is 13.8 Å². The average Bonchev–Trinajstić information content (AvgIpc) is 3.15. The fourth-order valence-corrected chi connectivity index (χ4v) is 4.17. The van der Waals surface area contributed by atoms with Crippen LogP contribution in [0.2, 0.25) is 0 Å². The highest BCUT2D eigenvalue weighted by Gasteiger charge is 2.19. The summed E-state index contributed by atoms with van der Waals surface area (Å²) in [6, 6.07) is 7.47. The number of aromatic nitrogens is 5. The van der Waals surface area contributed by atoms with Gasteiger partial charge in [0.2, 0.25) is 5.91 Å². The molecular formula is C25H26FN7O. The van der Waals surface area contributed by atoms with Crippen molar-refractivity contribution in [3.05, 3.63) is 72.0 Å². The minimum absolute atomic E-state index is 0.0850. The number of pyridine rings is 2. The van der Waals surface area contributed by atoms with Crippen molar-refractivity contribution >= 4 is 17.1 Å². The Hall–Kier alpha value is -3.72. The van der Waals surface area contributed by atoms with E-state index in [0.29, 0.717) is 43.2 Å². The molecule has 8 nitrogen and oxygen atoms in total. The first-order chi connectivity index (χ1) is 16.5. The van der Waals surface area contributed by atoms with Crippen molar-refractivity contribution < 1.29 is 9.18 Å². The zero-order valence-electron chi connectivity index (χ0n) is 19.2. The van der Waals surface area contributed by atoms with Crippen LogP contribution in [0, 0.1) is 5.82 Å². The van der Waals surface area contributed by atoms with E-state index in [1.807, 2.05) is 30.6 Å². The van der Waals surface area contributed by atoms with E-state index in [-0.39, 0.29) is 11.6 Å². The number of nitrogens with one attached hydrogen (secondary N) is 1. The number of anilines is 1. The molecule has 0 unspecified atom stereocenters. The van der Waals surface area contributed by atoms with Gasteiger partial charge in [0.05, 0.1) is 36.2 Å². The molecule has 5 heterocycles. The molecule has 34 heavy (non-hydrogen) atoms. The minimum atomic E-state index is -0.477. The Morgan fingerprint density at radius 3 is 2.79 bits per heavy atom. The van der Waals surface area contributed by atoms with Crippen molar-refractivity contribution in [3.63, 3.8) is 0 Å². The van der Waals surface area contributed by atoms with Gasteiger partial charge in [-0.3, -0.25) is 9.78 Å². The third-order valence-corrected chi connectivity index (χ3v) is 6.03. The van der Waals surface area contributed by atoms with Gasteiger partial charge in [-0.15, -0.1) is 0 Å². The number of fused-ring (bicyclic) bond motifs is 1. The van der Waals surface area contributed by atoms with Crippen LogP contribution in [0.25, 0.3) is 16.8 Å². The lowest BCUT2D eigenvalue weighted by molar-refractivity contribution is -0.118. The predicted octanol–water partition coefficient (Wildman–Crippen LogP) is 3.37. The molecule has 174 valence electrons. The molecule has 1 aliphatic rings. The molecule has 0 atom stereocenters. The average molecular weight is 460 g/mol. The Balaban J connectivity index is 1.39. The Labute approximate surface area is 196 Å². The maximum absolute atomic E-state index is 14.7. The summed E-state index contributed by atoms with van der Waals surface area (Å²) in [6.45, 7) is 6.27. The number of carbonyl (C=O) groups is 1. The van der Waals surface area contributed by atoms with E-state index < -0.39 is 5.82 Å². The summed E-state index contributed by atoms with van der Waals surface area (Å²) in [5.41, 5.74) is 4.47. The fraction of sp³-hybridized carbons (Fsp3) is 0.320. The summed E-state index contributed by atoms with van der Waals surface area (Å²) < 4.78 is 16.5. The highest BCUT2D eigenvalue weighted by Crippen LogP contribution is 2.26. The second-order valence-corrected chi connectivity index (χ2v) is 8.71. The summed E-state index contributed by atoms with van der Waals surface area (Å²) in [5, 5.41) is 7.60. The van der Waals surface area contributed by atoms with E-state index >= 15 is 0 Å². The Kier molecular flexibility index (Phi) is 6.02. The third-order valence-electron chi connectivity index (χ3n) is 6.03. The maximum atomic E-state index is 14.7. The van der Waals surface area contributed by atoms with Crippen LogP contribution in [0.3, 0.4) is 0 Å². The standard InChI is InChI=1S/C25H26FN7O/c1-16(2)20-14-30-33-9-6-17(11-22(20)33)25-21(26)15-29-23(31-25)12-18-3-4-19(13-28-18)32-10-8-27-7-5-24(32)34/h3-4,6,9,11,13-16,27H,5,7-8,10,12H2,1-2H3. The zero-order valence-corrected chi connectivity index (χ0v) is 19.2. The van der Waals surface area contributed by atoms with Gasteiger partial charge in [0.15, 0.2) is 5.82 Å². The van der Waals surface area contributed by atoms with Crippen LogP contribution < -0.4 is 10.2 Å². The van der Waals surface area contributed by atoms with Crippen molar-refractivity contribution in [1.82, 2.24) is 29.9 Å². The van der Waals surface area contributed by atoms with Crippen molar-refractivity contribution in [3.8, 4) is 11.3 Å². The minimum Gasteiger partial charge on any atom is -0.314 e. The van der Waals surface area contributed by atoms with Crippen LogP contribution in [-0.4, -0.2) is 50.1 Å². The molecule has 0 spiro atoms. The van der Waals surface area contributed by atoms with Crippen LogP contribution in [0.1, 0.15) is 43.3 Å². The van der Waals surface area contributed by atoms with Crippen LogP contribution in [0.5, 0.6) is 0 Å². The third kappa shape index (κ3) is 4.38. The van der Waals surface area contributed by atoms with Crippen molar-refractivity contribution in [2.45, 2.75) is 32.6 Å². The first-order valence-electron chi connectivity index (χ1n) is 11.4. The van der Waals surface area contributed by atoms with E-state index in [2.05, 4.69) is 39.2 Å². The molecule has 9 heteroatoms. The quantitative estimate of drug-likeness (QED) is 0.492. The lowest BCUT2D eigenvalue weighted by Crippen LogP contribution is -2.32. The molecule has 1 saturated heterocycles. The Morgan fingerprint density at radius 1 is 1.12 bits per heavy atom. The monoisotopic (exact) mass is 459 g/mol. The van der Waals surface area contributed by atoms with E-state index in [9.17, 15) is 9.18 Å². The predicted molar refractivity (Wildman–Crippen MR) is 127 cm³/mol. The lowest BCUT2D eigenvalue weighted by Gasteiger charge is -2.20. The van der Waals surface area contributed by atoms with Gasteiger partial charge in [0.25, 0.3) is 0 Å². The maximum Gasteiger partial charge on any atom is 0.228 e. The van der Waals surface area contributed by atoms with Crippen molar-refractivity contribution in [2.24, 2.45) is 0 Å².